The number of hydrogen-bond donors (Lipinski definition) is 7. The zero-order valence-electron chi connectivity index (χ0n) is 30.8. The van der Waals surface area contributed by atoms with Crippen molar-refractivity contribution in [1.29, 1.82) is 0 Å². The van der Waals surface area contributed by atoms with Crippen LogP contribution < -0.4 is 21.3 Å². The number of aliphatic hydroxyl groups excluding tert-OH is 2. The van der Waals surface area contributed by atoms with Crippen molar-refractivity contribution in [2.45, 2.75) is 79.8 Å². The van der Waals surface area contributed by atoms with Gasteiger partial charge in [0.25, 0.3) is 5.91 Å². The number of nitrogens with one attached hydrogen (secondary N) is 5. The Morgan fingerprint density at radius 2 is 1.57 bits per heavy atom. The van der Waals surface area contributed by atoms with E-state index in [0.29, 0.717) is 29.8 Å². The highest BCUT2D eigenvalue weighted by molar-refractivity contribution is 6.04. The number of carbonyl (C=O) groups is 3. The quantitative estimate of drug-likeness (QED) is 0.118. The van der Waals surface area contributed by atoms with Crippen molar-refractivity contribution in [3.63, 3.8) is 0 Å². The average Bonchev–Trinajstić information content (AvgIpc) is 3.79. The van der Waals surface area contributed by atoms with E-state index in [2.05, 4.69) is 65.4 Å². The van der Waals surface area contributed by atoms with E-state index in [1.165, 1.54) is 19.8 Å². The molecule has 2 aliphatic rings. The summed E-state index contributed by atoms with van der Waals surface area (Å²) in [6, 6.07) is 0. The molecule has 12 heteroatoms. The first-order valence-electron chi connectivity index (χ1n) is 17.7. The third-order valence-electron chi connectivity index (χ3n) is 10.5. The Hall–Kier alpha value is -4.81. The van der Waals surface area contributed by atoms with E-state index >= 15 is 0 Å². The monoisotopic (exact) mass is 701 g/mol. The number of rotatable bonds is 11. The van der Waals surface area contributed by atoms with Gasteiger partial charge in [-0.25, -0.2) is 4.79 Å². The highest BCUT2D eigenvalue weighted by Gasteiger charge is 2.40. The standard InChI is InChI=1S/C39H51N5O7/c1-9-23-19(3)26-16-28-21(5)25(12-13-32(46)50-7)35(43-28)34(37(47)39(49)51-8)36-33(38(48)40-14-11-15-45)22(6)29(44-36)18-31-24(10-2)20(4)27(42-31)17-30(23)41-26/h16-18,21,25,37,41-45,47H,9-15H2,1-8H3,(H,40,48). The van der Waals surface area contributed by atoms with Gasteiger partial charge in [0.2, 0.25) is 0 Å². The fourth-order valence-corrected chi connectivity index (χ4v) is 7.54. The zero-order chi connectivity index (χ0) is 37.1. The van der Waals surface area contributed by atoms with Crippen LogP contribution in [0.4, 0.5) is 0 Å². The minimum atomic E-state index is -1.79. The molecule has 2 aliphatic heterocycles. The van der Waals surface area contributed by atoms with E-state index in [1.807, 2.05) is 19.9 Å². The van der Waals surface area contributed by atoms with Gasteiger partial charge < -0.3 is 45.3 Å². The van der Waals surface area contributed by atoms with E-state index in [-0.39, 0.29) is 54.2 Å². The van der Waals surface area contributed by atoms with Crippen LogP contribution in [0.2, 0.25) is 0 Å². The lowest BCUT2D eigenvalue weighted by molar-refractivity contribution is -0.147. The molecule has 1 amide bonds. The Balaban J connectivity index is 1.94. The second-order valence-electron chi connectivity index (χ2n) is 13.3. The van der Waals surface area contributed by atoms with Crippen LogP contribution in [-0.4, -0.2) is 76.5 Å². The molecular formula is C39H51N5O7. The van der Waals surface area contributed by atoms with Crippen molar-refractivity contribution < 1.29 is 34.1 Å². The van der Waals surface area contributed by atoms with E-state index in [1.54, 1.807) is 0 Å². The lowest BCUT2D eigenvalue weighted by Gasteiger charge is -2.22. The molecule has 5 rings (SSSR count). The first kappa shape index (κ1) is 37.4. The maximum atomic E-state index is 14.0. The summed E-state index contributed by atoms with van der Waals surface area (Å²) in [5.41, 5.74) is 9.62. The molecule has 8 bridgehead atoms. The summed E-state index contributed by atoms with van der Waals surface area (Å²) < 4.78 is 10.1. The summed E-state index contributed by atoms with van der Waals surface area (Å²) in [4.78, 5) is 50.4. The van der Waals surface area contributed by atoms with Crippen LogP contribution in [0.15, 0.2) is 11.4 Å². The summed E-state index contributed by atoms with van der Waals surface area (Å²) in [6.07, 6.45) is 6.73. The predicted molar refractivity (Wildman–Crippen MR) is 196 cm³/mol. The number of carbonyl (C=O) groups excluding carboxylic acids is 3. The molecule has 0 aromatic carbocycles. The number of methoxy groups -OCH3 is 2. The zero-order valence-corrected chi connectivity index (χ0v) is 30.8. The Kier molecular flexibility index (Phi) is 11.5. The Bertz CT molecular complexity index is 2030. The number of aliphatic hydroxyl groups is 2. The van der Waals surface area contributed by atoms with Gasteiger partial charge in [0, 0.05) is 76.2 Å². The van der Waals surface area contributed by atoms with Gasteiger partial charge in [-0.2, -0.15) is 0 Å². The molecule has 12 nitrogen and oxygen atoms in total. The molecule has 0 aliphatic carbocycles. The first-order chi connectivity index (χ1) is 24.4. The molecule has 5 heterocycles. The van der Waals surface area contributed by atoms with Gasteiger partial charge in [-0.3, -0.25) is 9.59 Å². The third kappa shape index (κ3) is 7.07. The topological polar surface area (TPSA) is 182 Å². The van der Waals surface area contributed by atoms with Crippen LogP contribution in [0.3, 0.4) is 0 Å². The van der Waals surface area contributed by atoms with E-state index in [9.17, 15) is 24.6 Å². The Labute approximate surface area is 298 Å². The van der Waals surface area contributed by atoms with E-state index in [0.717, 1.165) is 57.3 Å². The van der Waals surface area contributed by atoms with Crippen LogP contribution in [0, 0.1) is 32.6 Å². The van der Waals surface area contributed by atoms with Gasteiger partial charge in [-0.1, -0.05) is 20.8 Å². The Morgan fingerprint density at radius 1 is 0.882 bits per heavy atom. The summed E-state index contributed by atoms with van der Waals surface area (Å²) >= 11 is 0. The number of hydrogen-bond acceptors (Lipinski definition) is 8. The second-order valence-corrected chi connectivity index (χ2v) is 13.3. The van der Waals surface area contributed by atoms with Crippen molar-refractivity contribution in [2.24, 2.45) is 11.8 Å². The molecule has 51 heavy (non-hydrogen) atoms. The molecule has 3 aromatic heterocycles. The fraction of sp³-hybridized carbons (Fsp3) is 0.462. The number of ether oxygens (including phenoxy) is 2. The molecule has 7 N–H and O–H groups in total. The number of allylic oxidation sites excluding steroid dienone is 2. The Morgan fingerprint density at radius 3 is 2.22 bits per heavy atom. The maximum Gasteiger partial charge on any atom is 0.339 e. The lowest BCUT2D eigenvalue weighted by Crippen LogP contribution is -2.30. The van der Waals surface area contributed by atoms with Crippen molar-refractivity contribution in [3.8, 4) is 0 Å². The number of H-pyrrole nitrogens is 3. The second kappa shape index (κ2) is 15.6. The molecule has 274 valence electrons. The number of fused-ring (bicyclic) bond motifs is 8. The first-order valence-corrected chi connectivity index (χ1v) is 17.7. The van der Waals surface area contributed by atoms with E-state index in [4.69, 9.17) is 9.47 Å². The van der Waals surface area contributed by atoms with E-state index < -0.39 is 18.0 Å². The number of amides is 1. The normalized spacial score (nSPS) is 17.3. The summed E-state index contributed by atoms with van der Waals surface area (Å²) in [5, 5.41) is 29.5. The third-order valence-corrected chi connectivity index (χ3v) is 10.5. The molecule has 3 atom stereocenters. The molecule has 0 radical (unpaired) electrons. The van der Waals surface area contributed by atoms with Crippen LogP contribution in [0.5, 0.6) is 0 Å². The minimum absolute atomic E-state index is 0.0948. The molecule has 3 unspecified atom stereocenters. The van der Waals surface area contributed by atoms with Gasteiger partial charge in [-0.15, -0.1) is 0 Å². The predicted octanol–water partition coefficient (Wildman–Crippen LogP) is 2.90. The number of esters is 2. The van der Waals surface area contributed by atoms with Crippen LogP contribution in [0.1, 0.15) is 101 Å². The smallest absolute Gasteiger partial charge is 0.339 e. The average molecular weight is 702 g/mol. The number of aromatic amines is 3. The fourth-order valence-electron chi connectivity index (χ4n) is 7.54. The van der Waals surface area contributed by atoms with Crippen molar-refractivity contribution in [1.82, 2.24) is 25.6 Å². The van der Waals surface area contributed by atoms with Gasteiger partial charge in [0.05, 0.1) is 25.5 Å². The summed E-state index contributed by atoms with van der Waals surface area (Å²) in [5.74, 6) is -2.29. The highest BCUT2D eigenvalue weighted by Crippen LogP contribution is 2.43. The molecular weight excluding hydrogens is 650 g/mol. The SMILES string of the molecule is CCc1c2[nH]c(c1C)C=C1NC(=C(C(O)C(=O)OC)c3[nH]c(c(C)c3C(=O)NCCCO)C=c3[nH]c(c(C)c3CC)=C2)C(CCC(=O)OC)C1C. The number of aromatic nitrogens is 3. The highest BCUT2D eigenvalue weighted by atomic mass is 16.5. The van der Waals surface area contributed by atoms with Gasteiger partial charge >= 0.3 is 11.9 Å². The molecule has 1 saturated heterocycles. The largest absolute Gasteiger partial charge is 0.469 e. The summed E-state index contributed by atoms with van der Waals surface area (Å²) in [6.45, 7) is 12.4. The van der Waals surface area contributed by atoms with Gasteiger partial charge in [0.15, 0.2) is 6.10 Å². The molecule has 0 spiro atoms. The van der Waals surface area contributed by atoms with Crippen LogP contribution in [-0.2, 0) is 31.9 Å². The van der Waals surface area contributed by atoms with Crippen molar-refractivity contribution in [2.75, 3.05) is 27.4 Å². The van der Waals surface area contributed by atoms with Gasteiger partial charge in [-0.05, 0) is 92.5 Å². The van der Waals surface area contributed by atoms with Crippen molar-refractivity contribution >= 4 is 41.6 Å². The molecule has 1 fully saturated rings. The van der Waals surface area contributed by atoms with Crippen LogP contribution >= 0.6 is 0 Å². The van der Waals surface area contributed by atoms with Gasteiger partial charge in [0.1, 0.15) is 0 Å². The molecule has 0 saturated carbocycles. The lowest BCUT2D eigenvalue weighted by atomic mass is 9.85. The van der Waals surface area contributed by atoms with Crippen molar-refractivity contribution in [3.05, 3.63) is 78.2 Å². The summed E-state index contributed by atoms with van der Waals surface area (Å²) in [7, 11) is 2.54. The molecule has 3 aromatic rings. The maximum absolute atomic E-state index is 14.0. The van der Waals surface area contributed by atoms with Crippen LogP contribution in [0.25, 0.3) is 23.8 Å². The minimum Gasteiger partial charge on any atom is -0.469 e.